The fourth-order valence-electron chi connectivity index (χ4n) is 2.94. The highest BCUT2D eigenvalue weighted by Gasteiger charge is 2.17. The molecule has 1 aromatic carbocycles. The maximum atomic E-state index is 12.6. The van der Waals surface area contributed by atoms with Crippen molar-refractivity contribution >= 4 is 29.9 Å². The first-order valence-electron chi connectivity index (χ1n) is 9.38. The van der Waals surface area contributed by atoms with Crippen molar-refractivity contribution in [2.45, 2.75) is 40.0 Å². The van der Waals surface area contributed by atoms with Gasteiger partial charge in [0.25, 0.3) is 0 Å². The molecule has 1 heterocycles. The van der Waals surface area contributed by atoms with Crippen LogP contribution in [0.15, 0.2) is 23.2 Å². The maximum absolute atomic E-state index is 12.6. The van der Waals surface area contributed by atoms with Crippen LogP contribution in [0.3, 0.4) is 0 Å². The Morgan fingerprint density at radius 2 is 2.00 bits per heavy atom. The highest BCUT2D eigenvalue weighted by atomic mass is 127. The summed E-state index contributed by atoms with van der Waals surface area (Å²) < 4.78 is 35.2. The summed E-state index contributed by atoms with van der Waals surface area (Å²) in [5, 5.41) is 6.52. The van der Waals surface area contributed by atoms with Gasteiger partial charge in [0.2, 0.25) is 0 Å². The molecule has 160 valence electrons. The third-order valence-electron chi connectivity index (χ3n) is 4.42. The van der Waals surface area contributed by atoms with Crippen LogP contribution in [0.2, 0.25) is 0 Å². The van der Waals surface area contributed by atoms with Gasteiger partial charge in [0, 0.05) is 37.8 Å². The van der Waals surface area contributed by atoms with Gasteiger partial charge in [0.05, 0.1) is 19.8 Å². The zero-order valence-corrected chi connectivity index (χ0v) is 19.0. The molecule has 1 aromatic rings. The number of nitrogens with one attached hydrogen (secondary N) is 2. The van der Waals surface area contributed by atoms with E-state index in [0.29, 0.717) is 24.1 Å². The van der Waals surface area contributed by atoms with Crippen LogP contribution in [0, 0.1) is 6.92 Å². The molecule has 1 atom stereocenters. The van der Waals surface area contributed by atoms with Crippen molar-refractivity contribution in [3.63, 3.8) is 0 Å². The molecule has 1 aliphatic rings. The SMILES string of the molecule is CCNC(=NCc1cc(C)ccc1OC(F)F)NCC(C)N1CCOCC1.I. The molecule has 0 aromatic heterocycles. The molecule has 2 rings (SSSR count). The summed E-state index contributed by atoms with van der Waals surface area (Å²) in [6, 6.07) is 5.47. The number of aryl methyl sites for hydroxylation is 1. The molecule has 0 amide bonds. The first kappa shape index (κ1) is 24.8. The average Bonchev–Trinajstić information content (AvgIpc) is 2.66. The molecule has 1 unspecified atom stereocenters. The number of halogens is 3. The third kappa shape index (κ3) is 8.44. The molecule has 0 radical (unpaired) electrons. The lowest BCUT2D eigenvalue weighted by molar-refractivity contribution is -0.0504. The number of rotatable bonds is 8. The molecule has 0 bridgehead atoms. The Labute approximate surface area is 183 Å². The lowest BCUT2D eigenvalue weighted by atomic mass is 10.1. The van der Waals surface area contributed by atoms with Gasteiger partial charge in [-0.1, -0.05) is 17.7 Å². The van der Waals surface area contributed by atoms with Crippen LogP contribution in [0.1, 0.15) is 25.0 Å². The molecular formula is C19H31F2IN4O2. The van der Waals surface area contributed by atoms with Gasteiger partial charge in [-0.3, -0.25) is 4.90 Å². The Morgan fingerprint density at radius 1 is 1.29 bits per heavy atom. The lowest BCUT2D eigenvalue weighted by Gasteiger charge is -2.32. The number of morpholine rings is 1. The zero-order valence-electron chi connectivity index (χ0n) is 16.7. The minimum absolute atomic E-state index is 0. The molecular weight excluding hydrogens is 481 g/mol. The quantitative estimate of drug-likeness (QED) is 0.319. The highest BCUT2D eigenvalue weighted by Crippen LogP contribution is 2.22. The molecule has 1 aliphatic heterocycles. The van der Waals surface area contributed by atoms with Crippen molar-refractivity contribution in [2.24, 2.45) is 4.99 Å². The number of ether oxygens (including phenoxy) is 2. The summed E-state index contributed by atoms with van der Waals surface area (Å²) in [6.45, 7) is 8.29. The number of hydrogen-bond acceptors (Lipinski definition) is 4. The van der Waals surface area contributed by atoms with Crippen LogP contribution in [0.5, 0.6) is 5.75 Å². The van der Waals surface area contributed by atoms with Crippen LogP contribution in [0.4, 0.5) is 8.78 Å². The largest absolute Gasteiger partial charge is 0.434 e. The van der Waals surface area contributed by atoms with Gasteiger partial charge < -0.3 is 20.1 Å². The second-order valence-corrected chi connectivity index (χ2v) is 6.56. The summed E-state index contributed by atoms with van der Waals surface area (Å²) in [4.78, 5) is 6.91. The van der Waals surface area contributed by atoms with Gasteiger partial charge in [0.15, 0.2) is 5.96 Å². The van der Waals surface area contributed by atoms with Crippen molar-refractivity contribution in [1.29, 1.82) is 0 Å². The number of alkyl halides is 2. The standard InChI is InChI=1S/C19H30F2N4O2.HI/c1-4-22-19(23-12-15(3)25-7-9-26-10-8-25)24-13-16-11-14(2)5-6-17(16)27-18(20)21;/h5-6,11,15,18H,4,7-10,12-13H2,1-3H3,(H2,22,23,24);1H. The van der Waals surface area contributed by atoms with E-state index in [1.165, 1.54) is 0 Å². The van der Waals surface area contributed by atoms with Gasteiger partial charge in [0.1, 0.15) is 5.75 Å². The molecule has 0 aliphatic carbocycles. The Balaban J connectivity index is 0.00000392. The Morgan fingerprint density at radius 3 is 2.64 bits per heavy atom. The van der Waals surface area contributed by atoms with Crippen molar-refractivity contribution in [3.05, 3.63) is 29.3 Å². The first-order chi connectivity index (χ1) is 13.0. The summed E-state index contributed by atoms with van der Waals surface area (Å²) >= 11 is 0. The van der Waals surface area contributed by atoms with E-state index in [-0.39, 0.29) is 36.3 Å². The smallest absolute Gasteiger partial charge is 0.387 e. The van der Waals surface area contributed by atoms with E-state index in [2.05, 4.69) is 32.2 Å². The monoisotopic (exact) mass is 512 g/mol. The molecule has 9 heteroatoms. The van der Waals surface area contributed by atoms with Gasteiger partial charge in [-0.15, -0.1) is 24.0 Å². The highest BCUT2D eigenvalue weighted by molar-refractivity contribution is 14.0. The number of benzene rings is 1. The van der Waals surface area contributed by atoms with Crippen LogP contribution in [0.25, 0.3) is 0 Å². The number of nitrogens with zero attached hydrogens (tertiary/aromatic N) is 2. The Bertz CT molecular complexity index is 614. The Hall–Kier alpha value is -1.20. The minimum Gasteiger partial charge on any atom is -0.434 e. The molecule has 1 fully saturated rings. The maximum Gasteiger partial charge on any atom is 0.387 e. The van der Waals surface area contributed by atoms with Crippen LogP contribution in [-0.4, -0.2) is 62.9 Å². The van der Waals surface area contributed by atoms with Crippen LogP contribution in [-0.2, 0) is 11.3 Å². The fourth-order valence-corrected chi connectivity index (χ4v) is 2.94. The van der Waals surface area contributed by atoms with Gasteiger partial charge >= 0.3 is 6.61 Å². The average molecular weight is 512 g/mol. The van der Waals surface area contributed by atoms with E-state index in [1.54, 1.807) is 12.1 Å². The second kappa shape index (κ2) is 13.1. The zero-order chi connectivity index (χ0) is 19.6. The van der Waals surface area contributed by atoms with Crippen molar-refractivity contribution < 1.29 is 18.3 Å². The molecule has 0 spiro atoms. The summed E-state index contributed by atoms with van der Waals surface area (Å²) in [6.07, 6.45) is 0. The fraction of sp³-hybridized carbons (Fsp3) is 0.632. The van der Waals surface area contributed by atoms with Crippen molar-refractivity contribution in [1.82, 2.24) is 15.5 Å². The van der Waals surface area contributed by atoms with Crippen molar-refractivity contribution in [2.75, 3.05) is 39.4 Å². The number of aliphatic imine (C=N–C) groups is 1. The predicted octanol–water partition coefficient (Wildman–Crippen LogP) is 2.99. The van der Waals surface area contributed by atoms with E-state index in [4.69, 9.17) is 4.74 Å². The molecule has 2 N–H and O–H groups in total. The predicted molar refractivity (Wildman–Crippen MR) is 118 cm³/mol. The van der Waals surface area contributed by atoms with Gasteiger partial charge in [-0.25, -0.2) is 4.99 Å². The van der Waals surface area contributed by atoms with E-state index in [0.717, 1.165) is 38.4 Å². The topological polar surface area (TPSA) is 58.1 Å². The van der Waals surface area contributed by atoms with E-state index in [9.17, 15) is 8.78 Å². The van der Waals surface area contributed by atoms with Crippen molar-refractivity contribution in [3.8, 4) is 5.75 Å². The van der Waals surface area contributed by atoms with E-state index < -0.39 is 6.61 Å². The lowest BCUT2D eigenvalue weighted by Crippen LogP contribution is -2.49. The summed E-state index contributed by atoms with van der Waals surface area (Å²) in [5.74, 6) is 0.819. The Kier molecular flexibility index (Phi) is 11.6. The molecule has 1 saturated heterocycles. The minimum atomic E-state index is -2.85. The number of hydrogen-bond donors (Lipinski definition) is 2. The molecule has 0 saturated carbocycles. The second-order valence-electron chi connectivity index (χ2n) is 6.56. The van der Waals surface area contributed by atoms with Crippen LogP contribution < -0.4 is 15.4 Å². The summed E-state index contributed by atoms with van der Waals surface area (Å²) in [7, 11) is 0. The van der Waals surface area contributed by atoms with E-state index in [1.807, 2.05) is 19.9 Å². The number of guanidine groups is 1. The first-order valence-corrected chi connectivity index (χ1v) is 9.38. The summed E-state index contributed by atoms with van der Waals surface area (Å²) in [5.41, 5.74) is 1.61. The van der Waals surface area contributed by atoms with Crippen LogP contribution >= 0.6 is 24.0 Å². The van der Waals surface area contributed by atoms with Gasteiger partial charge in [-0.2, -0.15) is 8.78 Å². The van der Waals surface area contributed by atoms with E-state index >= 15 is 0 Å². The van der Waals surface area contributed by atoms with Gasteiger partial charge in [-0.05, 0) is 26.8 Å². The molecule has 28 heavy (non-hydrogen) atoms. The normalized spacial score (nSPS) is 16.4. The third-order valence-corrected chi connectivity index (χ3v) is 4.42. The molecule has 6 nitrogen and oxygen atoms in total.